The van der Waals surface area contributed by atoms with E-state index >= 15 is 0 Å². The van der Waals surface area contributed by atoms with Crippen molar-refractivity contribution in [1.29, 1.82) is 0 Å². The summed E-state index contributed by atoms with van der Waals surface area (Å²) in [6.07, 6.45) is 5.69. The molecule has 5 heterocycles. The van der Waals surface area contributed by atoms with Crippen LogP contribution in [0, 0.1) is 0 Å². The van der Waals surface area contributed by atoms with E-state index in [0.29, 0.717) is 6.04 Å². The van der Waals surface area contributed by atoms with Crippen LogP contribution in [0.3, 0.4) is 0 Å². The molecule has 1 unspecified atom stereocenters. The number of hydrogen-bond acceptors (Lipinski definition) is 6. The molecule has 1 fully saturated rings. The number of fused-ring (bicyclic) bond motifs is 1. The largest absolute Gasteiger partial charge is 0.354 e. The van der Waals surface area contributed by atoms with Gasteiger partial charge in [-0.1, -0.05) is 6.07 Å². The normalized spacial score (nSPS) is 17.2. The maximum absolute atomic E-state index is 4.92. The summed E-state index contributed by atoms with van der Waals surface area (Å²) in [5.41, 5.74) is 4.48. The zero-order valence-corrected chi connectivity index (χ0v) is 16.6. The van der Waals surface area contributed by atoms with Crippen LogP contribution in [-0.2, 0) is 6.54 Å². The molecule has 5 rings (SSSR count). The molecule has 0 spiro atoms. The monoisotopic (exact) mass is 388 g/mol. The van der Waals surface area contributed by atoms with Gasteiger partial charge in [0, 0.05) is 49.4 Å². The zero-order chi connectivity index (χ0) is 19.8. The zero-order valence-electron chi connectivity index (χ0n) is 16.6. The smallest absolute Gasteiger partial charge is 0.129 e. The van der Waals surface area contributed by atoms with Crippen LogP contribution in [0.4, 0.5) is 5.82 Å². The van der Waals surface area contributed by atoms with Gasteiger partial charge in [-0.05, 0) is 32.0 Å². The van der Waals surface area contributed by atoms with Gasteiger partial charge in [-0.15, -0.1) is 0 Å². The van der Waals surface area contributed by atoms with Gasteiger partial charge in [-0.3, -0.25) is 14.8 Å². The number of aryl methyl sites for hydroxylation is 1. The van der Waals surface area contributed by atoms with Crippen LogP contribution in [0.5, 0.6) is 0 Å². The van der Waals surface area contributed by atoms with Crippen molar-refractivity contribution in [3.63, 3.8) is 0 Å². The van der Waals surface area contributed by atoms with Gasteiger partial charge in [0.25, 0.3) is 0 Å². The number of pyridine rings is 2. The molecule has 0 bridgehead atoms. The summed E-state index contributed by atoms with van der Waals surface area (Å²) >= 11 is 0. The molecule has 0 saturated carbocycles. The van der Waals surface area contributed by atoms with E-state index < -0.39 is 0 Å². The molecule has 1 saturated heterocycles. The molecule has 0 aliphatic carbocycles. The lowest BCUT2D eigenvalue weighted by atomic mass is 10.1. The molecule has 0 aromatic carbocycles. The Kier molecular flexibility index (Phi) is 4.48. The number of nitrogens with zero attached hydrogens (tertiary/aromatic N) is 6. The fourth-order valence-electron chi connectivity index (χ4n) is 3.81. The number of aromatic amines is 1. The second kappa shape index (κ2) is 7.29. The van der Waals surface area contributed by atoms with Crippen molar-refractivity contribution in [2.45, 2.75) is 26.4 Å². The fourth-order valence-corrected chi connectivity index (χ4v) is 3.81. The van der Waals surface area contributed by atoms with Crippen molar-refractivity contribution in [1.82, 2.24) is 35.3 Å². The van der Waals surface area contributed by atoms with Crippen LogP contribution in [-0.4, -0.2) is 55.6 Å². The van der Waals surface area contributed by atoms with Crippen molar-refractivity contribution < 1.29 is 0 Å². The minimum atomic E-state index is 0.457. The standard InChI is InChI=1S/C21H24N8/c1-3-29-13-15(10-24-29)18-9-16-19(11-23-18)26-27-21(16)17-5-4-6-20(25-17)28-8-7-22-14(2)12-28/h4-6,9-11,13-14,22H,3,7-8,12H2,1-2H3,(H,26,27). The number of piperazine rings is 1. The Morgan fingerprint density at radius 3 is 2.97 bits per heavy atom. The van der Waals surface area contributed by atoms with E-state index in [9.17, 15) is 0 Å². The number of nitrogens with one attached hydrogen (secondary N) is 2. The van der Waals surface area contributed by atoms with E-state index in [4.69, 9.17) is 4.98 Å². The van der Waals surface area contributed by atoms with E-state index in [1.807, 2.05) is 29.3 Å². The van der Waals surface area contributed by atoms with Crippen molar-refractivity contribution in [3.05, 3.63) is 42.9 Å². The maximum atomic E-state index is 4.92. The lowest BCUT2D eigenvalue weighted by Gasteiger charge is -2.32. The molecule has 4 aromatic heterocycles. The van der Waals surface area contributed by atoms with Crippen LogP contribution in [0.1, 0.15) is 13.8 Å². The van der Waals surface area contributed by atoms with E-state index in [1.54, 1.807) is 0 Å². The van der Waals surface area contributed by atoms with Crippen LogP contribution in [0.15, 0.2) is 42.9 Å². The van der Waals surface area contributed by atoms with E-state index in [2.05, 4.69) is 62.5 Å². The molecule has 148 valence electrons. The Bertz CT molecular complexity index is 1140. The van der Waals surface area contributed by atoms with Crippen molar-refractivity contribution in [3.8, 4) is 22.6 Å². The number of aromatic nitrogens is 6. The summed E-state index contributed by atoms with van der Waals surface area (Å²) in [7, 11) is 0. The minimum absolute atomic E-state index is 0.457. The third-order valence-corrected chi connectivity index (χ3v) is 5.37. The van der Waals surface area contributed by atoms with Crippen molar-refractivity contribution >= 4 is 16.7 Å². The Hall–Kier alpha value is -3.26. The lowest BCUT2D eigenvalue weighted by molar-refractivity contribution is 0.482. The van der Waals surface area contributed by atoms with E-state index in [1.165, 1.54) is 0 Å². The molecule has 1 atom stereocenters. The molecule has 1 aliphatic rings. The van der Waals surface area contributed by atoms with E-state index in [-0.39, 0.29) is 0 Å². The van der Waals surface area contributed by atoms with Crippen molar-refractivity contribution in [2.75, 3.05) is 24.5 Å². The summed E-state index contributed by atoms with van der Waals surface area (Å²) in [5.74, 6) is 0.991. The van der Waals surface area contributed by atoms with Crippen LogP contribution in [0.2, 0.25) is 0 Å². The highest BCUT2D eigenvalue weighted by molar-refractivity contribution is 5.93. The number of rotatable bonds is 4. The molecule has 4 aromatic rings. The quantitative estimate of drug-likeness (QED) is 0.559. The molecule has 0 amide bonds. The fraction of sp³-hybridized carbons (Fsp3) is 0.333. The summed E-state index contributed by atoms with van der Waals surface area (Å²) in [6, 6.07) is 8.66. The SMILES string of the molecule is CCn1cc(-c2cc3c(-c4cccc(N5CCNC(C)C5)n4)n[nH]c3cn2)cn1. The van der Waals surface area contributed by atoms with Gasteiger partial charge in [0.15, 0.2) is 0 Å². The average Bonchev–Trinajstić information content (AvgIpc) is 3.40. The van der Waals surface area contributed by atoms with Gasteiger partial charge >= 0.3 is 0 Å². The van der Waals surface area contributed by atoms with Gasteiger partial charge in [0.05, 0.1) is 29.3 Å². The average molecular weight is 388 g/mol. The Labute approximate surface area is 169 Å². The Morgan fingerprint density at radius 2 is 2.14 bits per heavy atom. The first-order chi connectivity index (χ1) is 14.2. The van der Waals surface area contributed by atoms with Crippen molar-refractivity contribution in [2.24, 2.45) is 0 Å². The van der Waals surface area contributed by atoms with Gasteiger partial charge in [0.2, 0.25) is 0 Å². The third kappa shape index (κ3) is 3.36. The van der Waals surface area contributed by atoms with Gasteiger partial charge in [-0.2, -0.15) is 10.2 Å². The van der Waals surface area contributed by atoms with Crippen LogP contribution >= 0.6 is 0 Å². The molecular weight excluding hydrogens is 364 g/mol. The topological polar surface area (TPSA) is 87.5 Å². The first-order valence-electron chi connectivity index (χ1n) is 10.0. The Morgan fingerprint density at radius 1 is 1.21 bits per heavy atom. The summed E-state index contributed by atoms with van der Waals surface area (Å²) in [4.78, 5) is 11.8. The molecule has 1 aliphatic heterocycles. The highest BCUT2D eigenvalue weighted by Gasteiger charge is 2.18. The summed E-state index contributed by atoms with van der Waals surface area (Å²) in [6.45, 7) is 7.98. The van der Waals surface area contributed by atoms with Crippen LogP contribution in [0.25, 0.3) is 33.5 Å². The predicted octanol–water partition coefficient (Wildman–Crippen LogP) is 2.70. The lowest BCUT2D eigenvalue weighted by Crippen LogP contribution is -2.49. The number of anilines is 1. The minimum Gasteiger partial charge on any atom is -0.354 e. The molecule has 0 radical (unpaired) electrons. The predicted molar refractivity (Wildman–Crippen MR) is 114 cm³/mol. The van der Waals surface area contributed by atoms with E-state index in [0.717, 1.165) is 65.5 Å². The van der Waals surface area contributed by atoms with Crippen LogP contribution < -0.4 is 10.2 Å². The first kappa shape index (κ1) is 17.8. The molecule has 29 heavy (non-hydrogen) atoms. The highest BCUT2D eigenvalue weighted by Crippen LogP contribution is 2.29. The highest BCUT2D eigenvalue weighted by atomic mass is 15.3. The van der Waals surface area contributed by atoms with Gasteiger partial charge < -0.3 is 10.2 Å². The first-order valence-corrected chi connectivity index (χ1v) is 10.0. The maximum Gasteiger partial charge on any atom is 0.129 e. The summed E-state index contributed by atoms with van der Waals surface area (Å²) < 4.78 is 1.90. The Balaban J connectivity index is 1.53. The third-order valence-electron chi connectivity index (χ3n) is 5.37. The number of H-pyrrole nitrogens is 1. The summed E-state index contributed by atoms with van der Waals surface area (Å²) in [5, 5.41) is 16.5. The second-order valence-electron chi connectivity index (χ2n) is 7.45. The molecular formula is C21H24N8. The van der Waals surface area contributed by atoms with Gasteiger partial charge in [0.1, 0.15) is 11.5 Å². The number of hydrogen-bond donors (Lipinski definition) is 2. The molecule has 8 nitrogen and oxygen atoms in total. The molecule has 8 heteroatoms. The molecule has 2 N–H and O–H groups in total. The second-order valence-corrected chi connectivity index (χ2v) is 7.45. The van der Waals surface area contributed by atoms with Gasteiger partial charge in [-0.25, -0.2) is 4.98 Å².